The number of likely N-dealkylation sites (tertiary alicyclic amines) is 1. The Bertz CT molecular complexity index is 323. The van der Waals surface area contributed by atoms with Crippen LogP contribution >= 0.6 is 12.4 Å². The highest BCUT2D eigenvalue weighted by molar-refractivity contribution is 5.85. The molecule has 1 N–H and O–H groups in total. The van der Waals surface area contributed by atoms with Gasteiger partial charge in [0.05, 0.1) is 0 Å². The van der Waals surface area contributed by atoms with Crippen molar-refractivity contribution in [2.75, 3.05) is 20.1 Å². The zero-order valence-electron chi connectivity index (χ0n) is 11.9. The van der Waals surface area contributed by atoms with Crippen molar-refractivity contribution in [2.24, 2.45) is 17.8 Å². The van der Waals surface area contributed by atoms with Gasteiger partial charge < -0.3 is 10.2 Å². The number of halogens is 1. The number of nitrogens with one attached hydrogen (secondary N) is 1. The average Bonchev–Trinajstić information content (AvgIpc) is 3.04. The fourth-order valence-electron chi connectivity index (χ4n) is 4.58. The minimum absolute atomic E-state index is 0. The Morgan fingerprint density at radius 1 is 1.26 bits per heavy atom. The van der Waals surface area contributed by atoms with Crippen LogP contribution in [-0.2, 0) is 4.79 Å². The smallest absolute Gasteiger partial charge is 0.223 e. The molecule has 2 aliphatic carbocycles. The Morgan fingerprint density at radius 2 is 2.11 bits per heavy atom. The average molecular weight is 287 g/mol. The maximum absolute atomic E-state index is 12.5. The first-order chi connectivity index (χ1) is 8.78. The number of fused-ring (bicyclic) bond motifs is 2. The summed E-state index contributed by atoms with van der Waals surface area (Å²) in [6.07, 6.45) is 8.78. The van der Waals surface area contributed by atoms with Crippen molar-refractivity contribution < 1.29 is 4.79 Å². The van der Waals surface area contributed by atoms with Crippen molar-refractivity contribution in [3.05, 3.63) is 0 Å². The van der Waals surface area contributed by atoms with E-state index in [4.69, 9.17) is 0 Å². The van der Waals surface area contributed by atoms with Crippen molar-refractivity contribution in [2.45, 2.75) is 51.0 Å². The summed E-state index contributed by atoms with van der Waals surface area (Å²) in [6, 6.07) is 0.459. The summed E-state index contributed by atoms with van der Waals surface area (Å²) < 4.78 is 0. The zero-order valence-corrected chi connectivity index (χ0v) is 12.8. The molecule has 110 valence electrons. The molecular weight excluding hydrogens is 260 g/mol. The van der Waals surface area contributed by atoms with Crippen molar-refractivity contribution in [3.8, 4) is 0 Å². The fourth-order valence-corrected chi connectivity index (χ4v) is 4.58. The van der Waals surface area contributed by atoms with Crippen LogP contribution in [0.5, 0.6) is 0 Å². The SMILES string of the molecule is CNCC1CCCN1C(=O)CC1CC2CCC1C2.Cl. The highest BCUT2D eigenvalue weighted by Gasteiger charge is 2.41. The largest absolute Gasteiger partial charge is 0.338 e. The minimum Gasteiger partial charge on any atom is -0.338 e. The maximum Gasteiger partial charge on any atom is 0.223 e. The van der Waals surface area contributed by atoms with Gasteiger partial charge in [-0.15, -0.1) is 12.4 Å². The molecule has 3 rings (SSSR count). The second kappa shape index (κ2) is 6.45. The number of amides is 1. The first kappa shape index (κ1) is 15.1. The highest BCUT2D eigenvalue weighted by Crippen LogP contribution is 2.49. The summed E-state index contributed by atoms with van der Waals surface area (Å²) in [7, 11) is 1.98. The van der Waals surface area contributed by atoms with E-state index in [1.165, 1.54) is 38.5 Å². The second-order valence-electron chi connectivity index (χ2n) is 6.58. The molecule has 1 aliphatic heterocycles. The zero-order chi connectivity index (χ0) is 12.5. The number of carbonyl (C=O) groups is 1. The van der Waals surface area contributed by atoms with Crippen LogP contribution in [0.25, 0.3) is 0 Å². The van der Waals surface area contributed by atoms with Crippen molar-refractivity contribution >= 4 is 18.3 Å². The topological polar surface area (TPSA) is 32.3 Å². The summed E-state index contributed by atoms with van der Waals surface area (Å²) in [5.74, 6) is 2.99. The molecule has 1 heterocycles. The molecule has 3 fully saturated rings. The van der Waals surface area contributed by atoms with E-state index in [0.29, 0.717) is 17.9 Å². The van der Waals surface area contributed by atoms with Crippen LogP contribution in [-0.4, -0.2) is 37.0 Å². The van der Waals surface area contributed by atoms with Crippen molar-refractivity contribution in [1.82, 2.24) is 10.2 Å². The molecule has 3 aliphatic rings. The lowest BCUT2D eigenvalue weighted by atomic mass is 9.86. The van der Waals surface area contributed by atoms with Crippen LogP contribution in [0.1, 0.15) is 44.9 Å². The molecule has 2 saturated carbocycles. The van der Waals surface area contributed by atoms with Crippen LogP contribution in [0.2, 0.25) is 0 Å². The molecule has 4 atom stereocenters. The Morgan fingerprint density at radius 3 is 2.74 bits per heavy atom. The van der Waals surface area contributed by atoms with E-state index >= 15 is 0 Å². The van der Waals surface area contributed by atoms with Gasteiger partial charge in [-0.05, 0) is 56.9 Å². The third-order valence-electron chi connectivity index (χ3n) is 5.46. The van der Waals surface area contributed by atoms with Crippen LogP contribution in [0.15, 0.2) is 0 Å². The predicted octanol–water partition coefficient (Wildman–Crippen LogP) is 2.44. The Labute approximate surface area is 122 Å². The number of hydrogen-bond acceptors (Lipinski definition) is 2. The van der Waals surface area contributed by atoms with Crippen LogP contribution in [0.4, 0.5) is 0 Å². The standard InChI is InChI=1S/C15H26N2O.ClH/c1-16-10-14-3-2-6-17(14)15(18)9-13-8-11-4-5-12(13)7-11;/h11-14,16H,2-10H2,1H3;1H. The van der Waals surface area contributed by atoms with Gasteiger partial charge in [0.25, 0.3) is 0 Å². The second-order valence-corrected chi connectivity index (χ2v) is 6.58. The Hall–Kier alpha value is -0.280. The van der Waals surface area contributed by atoms with Gasteiger partial charge in [0.15, 0.2) is 0 Å². The lowest BCUT2D eigenvalue weighted by Gasteiger charge is -2.28. The van der Waals surface area contributed by atoms with E-state index in [2.05, 4.69) is 10.2 Å². The van der Waals surface area contributed by atoms with E-state index in [9.17, 15) is 4.79 Å². The Balaban J connectivity index is 0.00000133. The molecule has 0 aromatic rings. The third kappa shape index (κ3) is 3.08. The Kier molecular flexibility index (Phi) is 5.13. The summed E-state index contributed by atoms with van der Waals surface area (Å²) in [5.41, 5.74) is 0. The summed E-state index contributed by atoms with van der Waals surface area (Å²) in [4.78, 5) is 14.6. The summed E-state index contributed by atoms with van der Waals surface area (Å²) >= 11 is 0. The lowest BCUT2D eigenvalue weighted by Crippen LogP contribution is -2.41. The van der Waals surface area contributed by atoms with Gasteiger partial charge in [0.2, 0.25) is 5.91 Å². The molecule has 0 radical (unpaired) electrons. The third-order valence-corrected chi connectivity index (χ3v) is 5.46. The quantitative estimate of drug-likeness (QED) is 0.861. The normalized spacial score (nSPS) is 36.6. The molecule has 3 nitrogen and oxygen atoms in total. The molecule has 0 spiro atoms. The van der Waals surface area contributed by atoms with Crippen LogP contribution < -0.4 is 5.32 Å². The number of likely N-dealkylation sites (N-methyl/N-ethyl adjacent to an activating group) is 1. The van der Waals surface area contributed by atoms with Gasteiger partial charge in [-0.1, -0.05) is 6.42 Å². The highest BCUT2D eigenvalue weighted by atomic mass is 35.5. The van der Waals surface area contributed by atoms with Gasteiger partial charge in [0, 0.05) is 25.6 Å². The molecule has 2 bridgehead atoms. The van der Waals surface area contributed by atoms with E-state index in [0.717, 1.165) is 31.3 Å². The van der Waals surface area contributed by atoms with Crippen LogP contribution in [0.3, 0.4) is 0 Å². The fraction of sp³-hybridized carbons (Fsp3) is 0.933. The molecule has 0 aromatic carbocycles. The first-order valence-corrected chi connectivity index (χ1v) is 7.72. The van der Waals surface area contributed by atoms with E-state index in [-0.39, 0.29) is 12.4 Å². The maximum atomic E-state index is 12.5. The van der Waals surface area contributed by atoms with Crippen LogP contribution in [0, 0.1) is 17.8 Å². The van der Waals surface area contributed by atoms with Crippen molar-refractivity contribution in [3.63, 3.8) is 0 Å². The predicted molar refractivity (Wildman–Crippen MR) is 79.5 cm³/mol. The van der Waals surface area contributed by atoms with Gasteiger partial charge in [0.1, 0.15) is 0 Å². The molecular formula is C15H27ClN2O. The molecule has 1 amide bonds. The van der Waals surface area contributed by atoms with Gasteiger partial charge in [-0.3, -0.25) is 4.79 Å². The molecule has 4 unspecified atom stereocenters. The number of hydrogen-bond donors (Lipinski definition) is 1. The van der Waals surface area contributed by atoms with Crippen molar-refractivity contribution in [1.29, 1.82) is 0 Å². The van der Waals surface area contributed by atoms with E-state index < -0.39 is 0 Å². The molecule has 19 heavy (non-hydrogen) atoms. The monoisotopic (exact) mass is 286 g/mol. The minimum atomic E-state index is 0. The van der Waals surface area contributed by atoms with E-state index in [1.54, 1.807) is 0 Å². The number of rotatable bonds is 4. The van der Waals surface area contributed by atoms with Gasteiger partial charge in [-0.2, -0.15) is 0 Å². The number of nitrogens with zero attached hydrogens (tertiary/aromatic N) is 1. The molecule has 0 aromatic heterocycles. The summed E-state index contributed by atoms with van der Waals surface area (Å²) in [5, 5.41) is 3.22. The molecule has 4 heteroatoms. The van der Waals surface area contributed by atoms with Gasteiger partial charge >= 0.3 is 0 Å². The summed E-state index contributed by atoms with van der Waals surface area (Å²) in [6.45, 7) is 1.95. The number of carbonyl (C=O) groups excluding carboxylic acids is 1. The van der Waals surface area contributed by atoms with E-state index in [1.807, 2.05) is 7.05 Å². The molecule has 1 saturated heterocycles. The first-order valence-electron chi connectivity index (χ1n) is 7.72. The van der Waals surface area contributed by atoms with Gasteiger partial charge in [-0.25, -0.2) is 0 Å². The lowest BCUT2D eigenvalue weighted by molar-refractivity contribution is -0.133.